The summed E-state index contributed by atoms with van der Waals surface area (Å²) in [7, 11) is 0. The van der Waals surface area contributed by atoms with Crippen LogP contribution in [0.3, 0.4) is 0 Å². The van der Waals surface area contributed by atoms with Gasteiger partial charge < -0.3 is 4.74 Å². The van der Waals surface area contributed by atoms with Crippen LogP contribution in [0.5, 0.6) is 0 Å². The molecule has 4 aliphatic rings. The average Bonchev–Trinajstić information content (AvgIpc) is 2.88. The molecule has 7 atom stereocenters. The molecule has 3 saturated carbocycles. The molecule has 0 saturated heterocycles. The Morgan fingerprint density at radius 2 is 1.78 bits per heavy atom. The Bertz CT molecular complexity index is 694. The van der Waals surface area contributed by atoms with Crippen LogP contribution in [-0.4, -0.2) is 17.4 Å². The van der Waals surface area contributed by atoms with E-state index in [1.807, 2.05) is 0 Å². The second-order valence-electron chi connectivity index (χ2n) is 10.5. The van der Waals surface area contributed by atoms with E-state index in [4.69, 9.17) is 4.74 Å². The minimum Gasteiger partial charge on any atom is -0.451 e. The lowest BCUT2D eigenvalue weighted by Gasteiger charge is -2.60. The molecule has 0 aliphatic heterocycles. The van der Waals surface area contributed by atoms with Crippen LogP contribution in [-0.2, 0) is 14.3 Å². The number of allylic oxidation sites excluding steroid dienone is 2. The largest absolute Gasteiger partial charge is 0.451 e. The van der Waals surface area contributed by atoms with Gasteiger partial charge in [0.25, 0.3) is 0 Å². The third kappa shape index (κ3) is 2.45. The Hall–Kier alpha value is -1.12. The number of ether oxygens (including phenoxy) is 1. The molecule has 3 nitrogen and oxygen atoms in total. The van der Waals surface area contributed by atoms with E-state index in [1.165, 1.54) is 32.6 Å². The lowest BCUT2D eigenvalue weighted by molar-refractivity contribution is -0.187. The average molecular weight is 373 g/mol. The van der Waals surface area contributed by atoms with Crippen LogP contribution in [0.2, 0.25) is 0 Å². The highest BCUT2D eigenvalue weighted by atomic mass is 16.6. The molecule has 0 unspecified atom stereocenters. The molecule has 0 aromatic carbocycles. The van der Waals surface area contributed by atoms with Crippen molar-refractivity contribution in [2.75, 3.05) is 0 Å². The van der Waals surface area contributed by atoms with E-state index in [2.05, 4.69) is 26.8 Å². The summed E-state index contributed by atoms with van der Waals surface area (Å²) in [5.74, 6) is 2.24. The monoisotopic (exact) mass is 372 g/mol. The van der Waals surface area contributed by atoms with E-state index in [9.17, 15) is 9.59 Å². The van der Waals surface area contributed by atoms with Gasteiger partial charge in [0.05, 0.1) is 0 Å². The van der Waals surface area contributed by atoms with Crippen LogP contribution < -0.4 is 0 Å². The summed E-state index contributed by atoms with van der Waals surface area (Å²) in [5, 5.41) is 0. The molecule has 3 fully saturated rings. The van der Waals surface area contributed by atoms with Crippen molar-refractivity contribution in [1.29, 1.82) is 0 Å². The van der Waals surface area contributed by atoms with Gasteiger partial charge in [-0.3, -0.25) is 9.59 Å². The summed E-state index contributed by atoms with van der Waals surface area (Å²) in [4.78, 5) is 24.7. The molecule has 0 radical (unpaired) electrons. The zero-order valence-corrected chi connectivity index (χ0v) is 17.8. The summed E-state index contributed by atoms with van der Waals surface area (Å²) < 4.78 is 5.87. The normalized spacial score (nSPS) is 48.7. The van der Waals surface area contributed by atoms with Crippen molar-refractivity contribution in [3.05, 3.63) is 11.6 Å². The van der Waals surface area contributed by atoms with E-state index < -0.39 is 5.60 Å². The SMILES string of the molecule is CC(=O)O[C@]1(C(C)=O)CC[C@@H]2[C@H]3C[C@H](C)C4=CCCC[C@]4(C)[C@H]3CC[C@@]21C. The van der Waals surface area contributed by atoms with Crippen molar-refractivity contribution in [2.24, 2.45) is 34.5 Å². The first-order chi connectivity index (χ1) is 12.7. The van der Waals surface area contributed by atoms with Crippen LogP contribution in [0, 0.1) is 34.5 Å². The summed E-state index contributed by atoms with van der Waals surface area (Å²) >= 11 is 0. The number of Topliss-reactive ketones (excluding diaryl/α,β-unsaturated/α-hetero) is 1. The van der Waals surface area contributed by atoms with Crippen LogP contribution in [0.4, 0.5) is 0 Å². The fraction of sp³-hybridized carbons (Fsp3) is 0.833. The van der Waals surface area contributed by atoms with Gasteiger partial charge in [-0.15, -0.1) is 0 Å². The van der Waals surface area contributed by atoms with Gasteiger partial charge in [-0.1, -0.05) is 32.4 Å². The van der Waals surface area contributed by atoms with E-state index in [0.717, 1.165) is 25.2 Å². The van der Waals surface area contributed by atoms with Crippen molar-refractivity contribution >= 4 is 11.8 Å². The standard InChI is InChI=1S/C24H36O3/c1-15-14-18-20(22(4)11-7-6-8-19(15)22)9-12-23(5)21(18)10-13-24(23,16(2)25)27-17(3)26/h8,15,18,20-21H,6-7,9-14H2,1-5H3/t15-,18-,20-,21+,22-,23-,24-/m0/s1. The molecule has 150 valence electrons. The predicted octanol–water partition coefficient (Wildman–Crippen LogP) is 5.48. The number of rotatable bonds is 2. The summed E-state index contributed by atoms with van der Waals surface area (Å²) in [6.07, 6.45) is 11.5. The second kappa shape index (κ2) is 6.19. The lowest BCUT2D eigenvalue weighted by Crippen LogP contribution is -2.59. The molecule has 4 rings (SSSR count). The fourth-order valence-corrected chi connectivity index (χ4v) is 8.27. The smallest absolute Gasteiger partial charge is 0.303 e. The molecule has 0 aromatic rings. The molecule has 3 heteroatoms. The second-order valence-corrected chi connectivity index (χ2v) is 10.5. The molecule has 4 aliphatic carbocycles. The van der Waals surface area contributed by atoms with Crippen molar-refractivity contribution < 1.29 is 14.3 Å². The van der Waals surface area contributed by atoms with Gasteiger partial charge in [0, 0.05) is 12.3 Å². The Labute approximate surface area is 164 Å². The number of hydrogen-bond acceptors (Lipinski definition) is 3. The van der Waals surface area contributed by atoms with E-state index in [0.29, 0.717) is 29.6 Å². The Morgan fingerprint density at radius 3 is 2.44 bits per heavy atom. The van der Waals surface area contributed by atoms with Crippen LogP contribution in [0.25, 0.3) is 0 Å². The van der Waals surface area contributed by atoms with Crippen molar-refractivity contribution in [3.63, 3.8) is 0 Å². The zero-order chi connectivity index (χ0) is 19.6. The highest BCUT2D eigenvalue weighted by Gasteiger charge is 2.68. The number of carbonyl (C=O) groups is 2. The van der Waals surface area contributed by atoms with E-state index >= 15 is 0 Å². The third-order valence-electron chi connectivity index (χ3n) is 9.34. The summed E-state index contributed by atoms with van der Waals surface area (Å²) in [5.41, 5.74) is 0.943. The van der Waals surface area contributed by atoms with Gasteiger partial charge in [0.2, 0.25) is 0 Å². The predicted molar refractivity (Wildman–Crippen MR) is 106 cm³/mol. The molecule has 0 bridgehead atoms. The van der Waals surface area contributed by atoms with Crippen molar-refractivity contribution in [2.45, 2.75) is 91.6 Å². The fourth-order valence-electron chi connectivity index (χ4n) is 8.27. The molecule has 27 heavy (non-hydrogen) atoms. The molecule has 0 spiro atoms. The van der Waals surface area contributed by atoms with Gasteiger partial charge in [0.15, 0.2) is 11.4 Å². The first kappa shape index (κ1) is 19.2. The lowest BCUT2D eigenvalue weighted by atomic mass is 9.45. The number of ketones is 1. The number of carbonyl (C=O) groups excluding carboxylic acids is 2. The Balaban J connectivity index is 1.73. The minimum atomic E-state index is -0.901. The Kier molecular flexibility index (Phi) is 4.40. The first-order valence-electron chi connectivity index (χ1n) is 11.1. The van der Waals surface area contributed by atoms with Gasteiger partial charge in [-0.2, -0.15) is 0 Å². The number of hydrogen-bond donors (Lipinski definition) is 0. The topological polar surface area (TPSA) is 43.4 Å². The van der Waals surface area contributed by atoms with Crippen molar-refractivity contribution in [3.8, 4) is 0 Å². The van der Waals surface area contributed by atoms with Gasteiger partial charge >= 0.3 is 5.97 Å². The summed E-state index contributed by atoms with van der Waals surface area (Å²) in [6.45, 7) is 10.3. The molecular weight excluding hydrogens is 336 g/mol. The Morgan fingerprint density at radius 1 is 1.07 bits per heavy atom. The summed E-state index contributed by atoms with van der Waals surface area (Å²) in [6, 6.07) is 0. The van der Waals surface area contributed by atoms with Gasteiger partial charge in [0.1, 0.15) is 0 Å². The molecule has 0 aromatic heterocycles. The first-order valence-corrected chi connectivity index (χ1v) is 11.1. The zero-order valence-electron chi connectivity index (χ0n) is 17.8. The van der Waals surface area contributed by atoms with Crippen LogP contribution in [0.15, 0.2) is 11.6 Å². The van der Waals surface area contributed by atoms with E-state index in [1.54, 1.807) is 12.5 Å². The quantitative estimate of drug-likeness (QED) is 0.476. The van der Waals surface area contributed by atoms with Gasteiger partial charge in [-0.05, 0) is 87.4 Å². The molecule has 0 amide bonds. The van der Waals surface area contributed by atoms with Crippen molar-refractivity contribution in [1.82, 2.24) is 0 Å². The molecule has 0 N–H and O–H groups in total. The molecule has 0 heterocycles. The number of esters is 1. The van der Waals surface area contributed by atoms with Crippen LogP contribution in [0.1, 0.15) is 86.0 Å². The number of fused-ring (bicyclic) bond motifs is 5. The molecular formula is C24H36O3. The minimum absolute atomic E-state index is 0.0504. The maximum absolute atomic E-state index is 12.8. The third-order valence-corrected chi connectivity index (χ3v) is 9.34. The van der Waals surface area contributed by atoms with Gasteiger partial charge in [-0.25, -0.2) is 0 Å². The highest BCUT2D eigenvalue weighted by molar-refractivity contribution is 5.89. The highest BCUT2D eigenvalue weighted by Crippen LogP contribution is 2.69. The maximum Gasteiger partial charge on any atom is 0.303 e. The maximum atomic E-state index is 12.8. The van der Waals surface area contributed by atoms with Crippen LogP contribution >= 0.6 is 0 Å². The van der Waals surface area contributed by atoms with E-state index in [-0.39, 0.29) is 17.2 Å².